The van der Waals surface area contributed by atoms with Crippen molar-refractivity contribution in [2.45, 2.75) is 33.3 Å². The van der Waals surface area contributed by atoms with Crippen LogP contribution in [0.25, 0.3) is 5.69 Å². The Balaban J connectivity index is 1.78. The second-order valence-corrected chi connectivity index (χ2v) is 8.12. The molecule has 0 N–H and O–H groups in total. The molecule has 2 amide bonds. The van der Waals surface area contributed by atoms with Gasteiger partial charge in [-0.05, 0) is 39.8 Å². The Morgan fingerprint density at radius 2 is 1.67 bits per heavy atom. The molecule has 1 aliphatic rings. The highest BCUT2D eigenvalue weighted by atomic mass is 19.1. The molecule has 0 spiro atoms. The standard InChI is InChI=1S/C21H25FN4O4/c1-14-13-17(27)18(23-26(14)16-8-6-5-7-15(16)22)19(28)24-9-11-25(12-10-24)20(29)30-21(2,3)4/h5-8,13H,9-12H2,1-4H3. The summed E-state index contributed by atoms with van der Waals surface area (Å²) < 4.78 is 20.8. The highest BCUT2D eigenvalue weighted by Gasteiger charge is 2.29. The van der Waals surface area contributed by atoms with Crippen LogP contribution in [0.1, 0.15) is 37.0 Å². The van der Waals surface area contributed by atoms with Gasteiger partial charge in [0.15, 0.2) is 5.69 Å². The number of para-hydroxylation sites is 1. The zero-order valence-electron chi connectivity index (χ0n) is 17.5. The Labute approximate surface area is 173 Å². The molecule has 1 aliphatic heterocycles. The normalized spacial score (nSPS) is 14.6. The zero-order valence-corrected chi connectivity index (χ0v) is 17.5. The minimum absolute atomic E-state index is 0.152. The summed E-state index contributed by atoms with van der Waals surface area (Å²) in [5.41, 5.74) is -0.849. The van der Waals surface area contributed by atoms with Crippen LogP contribution in [0.15, 0.2) is 35.1 Å². The molecule has 0 atom stereocenters. The van der Waals surface area contributed by atoms with Crippen molar-refractivity contribution < 1.29 is 18.7 Å². The highest BCUT2D eigenvalue weighted by Crippen LogP contribution is 2.15. The summed E-state index contributed by atoms with van der Waals surface area (Å²) in [4.78, 5) is 40.5. The molecule has 0 radical (unpaired) electrons. The molecule has 1 aromatic heterocycles. The summed E-state index contributed by atoms with van der Waals surface area (Å²) in [7, 11) is 0. The van der Waals surface area contributed by atoms with Gasteiger partial charge in [-0.1, -0.05) is 12.1 Å². The Kier molecular flexibility index (Phi) is 5.91. The van der Waals surface area contributed by atoms with Crippen molar-refractivity contribution in [2.24, 2.45) is 0 Å². The second kappa shape index (κ2) is 8.25. The predicted molar refractivity (Wildman–Crippen MR) is 108 cm³/mol. The van der Waals surface area contributed by atoms with E-state index in [0.717, 1.165) is 0 Å². The number of rotatable bonds is 2. The Morgan fingerprint density at radius 1 is 1.07 bits per heavy atom. The number of aryl methyl sites for hydroxylation is 1. The fourth-order valence-electron chi connectivity index (χ4n) is 3.13. The van der Waals surface area contributed by atoms with E-state index in [4.69, 9.17) is 4.74 Å². The number of carbonyl (C=O) groups excluding carboxylic acids is 2. The molecule has 3 rings (SSSR count). The topological polar surface area (TPSA) is 84.7 Å². The van der Waals surface area contributed by atoms with E-state index in [1.807, 2.05) is 0 Å². The van der Waals surface area contributed by atoms with E-state index in [2.05, 4.69) is 5.10 Å². The van der Waals surface area contributed by atoms with E-state index < -0.39 is 28.8 Å². The van der Waals surface area contributed by atoms with Crippen molar-refractivity contribution in [3.8, 4) is 5.69 Å². The minimum Gasteiger partial charge on any atom is -0.444 e. The Bertz CT molecular complexity index is 1020. The van der Waals surface area contributed by atoms with Crippen LogP contribution < -0.4 is 5.43 Å². The largest absolute Gasteiger partial charge is 0.444 e. The van der Waals surface area contributed by atoms with E-state index in [-0.39, 0.29) is 37.6 Å². The molecule has 1 saturated heterocycles. The van der Waals surface area contributed by atoms with Gasteiger partial charge in [0, 0.05) is 37.9 Å². The number of aromatic nitrogens is 2. The first-order chi connectivity index (χ1) is 14.1. The number of nitrogens with zero attached hydrogens (tertiary/aromatic N) is 4. The first-order valence-corrected chi connectivity index (χ1v) is 9.70. The van der Waals surface area contributed by atoms with Gasteiger partial charge >= 0.3 is 6.09 Å². The fourth-order valence-corrected chi connectivity index (χ4v) is 3.13. The van der Waals surface area contributed by atoms with Crippen LogP contribution in [0.4, 0.5) is 9.18 Å². The highest BCUT2D eigenvalue weighted by molar-refractivity contribution is 5.92. The zero-order chi connectivity index (χ0) is 22.1. The van der Waals surface area contributed by atoms with Gasteiger partial charge in [-0.3, -0.25) is 9.59 Å². The van der Waals surface area contributed by atoms with Crippen LogP contribution in [0, 0.1) is 12.7 Å². The summed E-state index contributed by atoms with van der Waals surface area (Å²) in [5.74, 6) is -1.06. The maximum absolute atomic E-state index is 14.2. The molecule has 0 bridgehead atoms. The van der Waals surface area contributed by atoms with Gasteiger partial charge in [-0.25, -0.2) is 13.9 Å². The number of piperazine rings is 1. The summed E-state index contributed by atoms with van der Waals surface area (Å²) in [6, 6.07) is 7.27. The van der Waals surface area contributed by atoms with Crippen LogP contribution in [-0.4, -0.2) is 63.4 Å². The lowest BCUT2D eigenvalue weighted by Gasteiger charge is -2.35. The molecule has 0 aliphatic carbocycles. The van der Waals surface area contributed by atoms with E-state index in [1.54, 1.807) is 39.8 Å². The first-order valence-electron chi connectivity index (χ1n) is 9.70. The molecule has 30 heavy (non-hydrogen) atoms. The SMILES string of the molecule is Cc1cc(=O)c(C(=O)N2CCN(C(=O)OC(C)(C)C)CC2)nn1-c1ccccc1F. The number of benzene rings is 1. The molecular formula is C21H25FN4O4. The number of carbonyl (C=O) groups is 2. The predicted octanol–water partition coefficient (Wildman–Crippen LogP) is 2.37. The van der Waals surface area contributed by atoms with Gasteiger partial charge in [0.2, 0.25) is 5.43 Å². The maximum Gasteiger partial charge on any atom is 0.410 e. The van der Waals surface area contributed by atoms with Crippen molar-refractivity contribution in [2.75, 3.05) is 26.2 Å². The molecule has 0 saturated carbocycles. The van der Waals surface area contributed by atoms with Crippen LogP contribution >= 0.6 is 0 Å². The van der Waals surface area contributed by atoms with Gasteiger partial charge in [-0.15, -0.1) is 0 Å². The quantitative estimate of drug-likeness (QED) is 0.751. The Hall–Kier alpha value is -3.23. The summed E-state index contributed by atoms with van der Waals surface area (Å²) >= 11 is 0. The van der Waals surface area contributed by atoms with E-state index in [9.17, 15) is 18.8 Å². The van der Waals surface area contributed by atoms with E-state index in [1.165, 1.54) is 32.7 Å². The maximum atomic E-state index is 14.2. The first kappa shape index (κ1) is 21.5. The van der Waals surface area contributed by atoms with Gasteiger partial charge in [0.25, 0.3) is 5.91 Å². The summed E-state index contributed by atoms with van der Waals surface area (Å²) in [6.07, 6.45) is -0.440. The molecule has 1 aromatic carbocycles. The lowest BCUT2D eigenvalue weighted by molar-refractivity contribution is 0.0139. The third kappa shape index (κ3) is 4.67. The number of halogens is 1. The van der Waals surface area contributed by atoms with Crippen LogP contribution in [0.5, 0.6) is 0 Å². The third-order valence-electron chi connectivity index (χ3n) is 4.61. The molecule has 0 unspecified atom stereocenters. The van der Waals surface area contributed by atoms with Crippen LogP contribution in [0.3, 0.4) is 0 Å². The average Bonchev–Trinajstić information content (AvgIpc) is 2.67. The van der Waals surface area contributed by atoms with Gasteiger partial charge in [0.1, 0.15) is 17.1 Å². The van der Waals surface area contributed by atoms with Gasteiger partial charge in [0.05, 0.1) is 0 Å². The van der Waals surface area contributed by atoms with Crippen molar-refractivity contribution in [1.29, 1.82) is 0 Å². The Morgan fingerprint density at radius 3 is 2.27 bits per heavy atom. The molecule has 2 aromatic rings. The van der Waals surface area contributed by atoms with Crippen LogP contribution in [-0.2, 0) is 4.74 Å². The molecule has 160 valence electrons. The summed E-state index contributed by atoms with van der Waals surface area (Å²) in [6.45, 7) is 8.04. The van der Waals surface area contributed by atoms with Gasteiger partial charge < -0.3 is 14.5 Å². The summed E-state index contributed by atoms with van der Waals surface area (Å²) in [5, 5.41) is 4.15. The van der Waals surface area contributed by atoms with Crippen molar-refractivity contribution >= 4 is 12.0 Å². The number of hydrogen-bond acceptors (Lipinski definition) is 5. The molecule has 2 heterocycles. The molecule has 1 fully saturated rings. The van der Waals surface area contributed by atoms with Crippen LogP contribution in [0.2, 0.25) is 0 Å². The lowest BCUT2D eigenvalue weighted by Crippen LogP contribution is -2.52. The smallest absolute Gasteiger partial charge is 0.410 e. The number of hydrogen-bond donors (Lipinski definition) is 0. The molecule has 8 nitrogen and oxygen atoms in total. The molecule has 9 heteroatoms. The van der Waals surface area contributed by atoms with Crippen molar-refractivity contribution in [1.82, 2.24) is 19.6 Å². The number of amides is 2. The second-order valence-electron chi connectivity index (χ2n) is 8.12. The van der Waals surface area contributed by atoms with Crippen molar-refractivity contribution in [3.63, 3.8) is 0 Å². The minimum atomic E-state index is -0.604. The lowest BCUT2D eigenvalue weighted by atomic mass is 10.2. The van der Waals surface area contributed by atoms with E-state index in [0.29, 0.717) is 5.69 Å². The number of ether oxygens (including phenoxy) is 1. The van der Waals surface area contributed by atoms with Gasteiger partial charge in [-0.2, -0.15) is 5.10 Å². The molecular weight excluding hydrogens is 391 g/mol. The van der Waals surface area contributed by atoms with E-state index >= 15 is 0 Å². The third-order valence-corrected chi connectivity index (χ3v) is 4.61. The average molecular weight is 416 g/mol. The fraction of sp³-hybridized carbons (Fsp3) is 0.429. The monoisotopic (exact) mass is 416 g/mol. The van der Waals surface area contributed by atoms with Crippen molar-refractivity contribution in [3.05, 3.63) is 57.8 Å².